The Labute approximate surface area is 136 Å². The molecule has 0 aliphatic carbocycles. The Kier molecular flexibility index (Phi) is 4.52. The van der Waals surface area contributed by atoms with Crippen molar-refractivity contribution >= 4 is 11.6 Å². The molecular weight excluding hydrogens is 324 g/mol. The number of ether oxygens (including phenoxy) is 1. The van der Waals surface area contributed by atoms with Crippen molar-refractivity contribution in [1.29, 1.82) is 0 Å². The normalized spacial score (nSPS) is 11.0. The van der Waals surface area contributed by atoms with Crippen LogP contribution in [0.5, 0.6) is 5.88 Å². The van der Waals surface area contributed by atoms with Gasteiger partial charge in [0.25, 0.3) is 0 Å². The van der Waals surface area contributed by atoms with Gasteiger partial charge in [-0.1, -0.05) is 23.7 Å². The molecule has 0 amide bonds. The molecule has 23 heavy (non-hydrogen) atoms. The topological polar surface area (TPSA) is 50.8 Å². The third kappa shape index (κ3) is 3.84. The molecule has 7 heteroatoms. The summed E-state index contributed by atoms with van der Waals surface area (Å²) < 4.78 is 29.7. The Morgan fingerprint density at radius 3 is 2.74 bits per heavy atom. The number of halogens is 3. The largest absolute Gasteiger partial charge is 0.416 e. The third-order valence-electron chi connectivity index (χ3n) is 3.21. The number of aromatic nitrogens is 3. The summed E-state index contributed by atoms with van der Waals surface area (Å²) in [5.41, 5.74) is 2.94. The highest BCUT2D eigenvalue weighted by Gasteiger charge is 2.14. The van der Waals surface area contributed by atoms with Crippen molar-refractivity contribution in [1.82, 2.24) is 15.2 Å². The summed E-state index contributed by atoms with van der Waals surface area (Å²) in [6.07, 6.45) is 5.55. The van der Waals surface area contributed by atoms with Crippen LogP contribution in [0.15, 0.2) is 48.9 Å². The second-order valence-electron chi connectivity index (χ2n) is 4.87. The van der Waals surface area contributed by atoms with Gasteiger partial charge in [0, 0.05) is 29.4 Å². The number of nitrogens with zero attached hydrogens (tertiary/aromatic N) is 2. The van der Waals surface area contributed by atoms with Gasteiger partial charge in [-0.3, -0.25) is 5.10 Å². The molecule has 0 bridgehead atoms. The molecule has 4 nitrogen and oxygen atoms in total. The van der Waals surface area contributed by atoms with Crippen molar-refractivity contribution in [2.24, 2.45) is 0 Å². The van der Waals surface area contributed by atoms with Crippen LogP contribution in [0.2, 0.25) is 5.02 Å². The fourth-order valence-electron chi connectivity index (χ4n) is 2.24. The maximum absolute atomic E-state index is 12.6. The van der Waals surface area contributed by atoms with E-state index in [0.29, 0.717) is 22.6 Å². The molecule has 0 aliphatic rings. The maximum atomic E-state index is 12.6. The van der Waals surface area contributed by atoms with Crippen LogP contribution >= 0.6 is 11.6 Å². The number of H-pyrrole nitrogens is 1. The zero-order chi connectivity index (χ0) is 16.2. The van der Waals surface area contributed by atoms with Gasteiger partial charge in [0.1, 0.15) is 0 Å². The molecule has 3 aromatic rings. The number of alkyl halides is 2. The first kappa shape index (κ1) is 15.4. The average molecular weight is 336 g/mol. The lowest BCUT2D eigenvalue weighted by molar-refractivity contribution is -0.0524. The summed E-state index contributed by atoms with van der Waals surface area (Å²) >= 11 is 5.99. The second kappa shape index (κ2) is 6.75. The third-order valence-corrected chi connectivity index (χ3v) is 3.44. The predicted octanol–water partition coefficient (Wildman–Crippen LogP) is 4.32. The minimum absolute atomic E-state index is 0.127. The van der Waals surface area contributed by atoms with E-state index in [2.05, 4.69) is 19.9 Å². The van der Waals surface area contributed by atoms with Gasteiger partial charge in [0.15, 0.2) is 0 Å². The van der Waals surface area contributed by atoms with Gasteiger partial charge in [-0.15, -0.1) is 0 Å². The smallest absolute Gasteiger partial charge is 0.388 e. The number of hydrogen-bond acceptors (Lipinski definition) is 3. The molecule has 1 aromatic carbocycles. The minimum Gasteiger partial charge on any atom is -0.416 e. The Bertz CT molecular complexity index is 794. The highest BCUT2D eigenvalue weighted by molar-refractivity contribution is 6.30. The quantitative estimate of drug-likeness (QED) is 0.755. The van der Waals surface area contributed by atoms with E-state index in [-0.39, 0.29) is 5.88 Å². The van der Waals surface area contributed by atoms with Gasteiger partial charge in [-0.2, -0.15) is 13.9 Å². The second-order valence-corrected chi connectivity index (χ2v) is 5.30. The number of hydrogen-bond donors (Lipinski definition) is 1. The molecule has 0 spiro atoms. The summed E-state index contributed by atoms with van der Waals surface area (Å²) in [5.74, 6) is -0.127. The highest BCUT2D eigenvalue weighted by atomic mass is 35.5. The van der Waals surface area contributed by atoms with Crippen LogP contribution in [0.4, 0.5) is 8.78 Å². The molecule has 0 radical (unpaired) electrons. The zero-order valence-electron chi connectivity index (χ0n) is 11.8. The average Bonchev–Trinajstić information content (AvgIpc) is 3.01. The molecular formula is C16H12ClF2N3O. The molecule has 1 N–H and O–H groups in total. The van der Waals surface area contributed by atoms with Gasteiger partial charge in [-0.05, 0) is 34.9 Å². The number of benzene rings is 1. The van der Waals surface area contributed by atoms with Gasteiger partial charge >= 0.3 is 6.61 Å². The van der Waals surface area contributed by atoms with Crippen molar-refractivity contribution < 1.29 is 13.5 Å². The van der Waals surface area contributed by atoms with E-state index < -0.39 is 6.61 Å². The predicted molar refractivity (Wildman–Crippen MR) is 82.7 cm³/mol. The monoisotopic (exact) mass is 335 g/mol. The van der Waals surface area contributed by atoms with Crippen molar-refractivity contribution in [2.75, 3.05) is 0 Å². The number of rotatable bonds is 5. The number of aromatic amines is 1. The molecule has 0 saturated carbocycles. The Morgan fingerprint density at radius 2 is 2.04 bits per heavy atom. The summed E-state index contributed by atoms with van der Waals surface area (Å²) in [4.78, 5) is 4.03. The minimum atomic E-state index is -2.94. The van der Waals surface area contributed by atoms with Crippen molar-refractivity contribution in [3.8, 4) is 17.0 Å². The molecule has 3 rings (SSSR count). The van der Waals surface area contributed by atoms with E-state index in [1.165, 1.54) is 6.20 Å². The molecule has 0 saturated heterocycles. The zero-order valence-corrected chi connectivity index (χ0v) is 12.6. The van der Waals surface area contributed by atoms with E-state index >= 15 is 0 Å². The van der Waals surface area contributed by atoms with Gasteiger partial charge in [-0.25, -0.2) is 4.98 Å². The highest BCUT2D eigenvalue weighted by Crippen LogP contribution is 2.32. The fraction of sp³-hybridized carbons (Fsp3) is 0.125. The van der Waals surface area contributed by atoms with E-state index in [9.17, 15) is 8.78 Å². The summed E-state index contributed by atoms with van der Waals surface area (Å²) in [5, 5.41) is 7.12. The van der Waals surface area contributed by atoms with Crippen LogP contribution in [0.3, 0.4) is 0 Å². The van der Waals surface area contributed by atoms with Crippen molar-refractivity contribution in [2.45, 2.75) is 13.0 Å². The SMILES string of the molecule is FC(F)Oc1ncc(Cc2cn[nH]c2)cc1-c1cccc(Cl)c1. The lowest BCUT2D eigenvalue weighted by Crippen LogP contribution is -2.05. The van der Waals surface area contributed by atoms with E-state index in [1.807, 2.05) is 0 Å². The summed E-state index contributed by atoms with van der Waals surface area (Å²) in [7, 11) is 0. The standard InChI is InChI=1S/C16H12ClF2N3O/c17-13-3-1-2-12(6-13)14-5-10(4-11-8-21-22-9-11)7-20-15(14)23-16(18)19/h1-3,5-9,16H,4H2,(H,21,22). The first-order valence-electron chi connectivity index (χ1n) is 6.79. The maximum Gasteiger partial charge on any atom is 0.388 e. The van der Waals surface area contributed by atoms with E-state index in [4.69, 9.17) is 11.6 Å². The van der Waals surface area contributed by atoms with Crippen LogP contribution in [-0.2, 0) is 6.42 Å². The molecule has 0 fully saturated rings. The van der Waals surface area contributed by atoms with E-state index in [1.54, 1.807) is 42.7 Å². The Balaban J connectivity index is 2.01. The van der Waals surface area contributed by atoms with Gasteiger partial charge in [0.2, 0.25) is 5.88 Å². The summed E-state index contributed by atoms with van der Waals surface area (Å²) in [6.45, 7) is -2.94. The lowest BCUT2D eigenvalue weighted by Gasteiger charge is -2.12. The van der Waals surface area contributed by atoms with Gasteiger partial charge < -0.3 is 4.74 Å². The lowest BCUT2D eigenvalue weighted by atomic mass is 10.0. The number of nitrogens with one attached hydrogen (secondary N) is 1. The fourth-order valence-corrected chi connectivity index (χ4v) is 2.43. The molecule has 118 valence electrons. The molecule has 0 unspecified atom stereocenters. The van der Waals surface area contributed by atoms with Crippen molar-refractivity contribution in [3.63, 3.8) is 0 Å². The molecule has 0 atom stereocenters. The Morgan fingerprint density at radius 1 is 1.17 bits per heavy atom. The number of pyridine rings is 1. The van der Waals surface area contributed by atoms with Crippen LogP contribution in [0.1, 0.15) is 11.1 Å². The molecule has 0 aliphatic heterocycles. The van der Waals surface area contributed by atoms with Gasteiger partial charge in [0.05, 0.1) is 6.20 Å². The molecule has 2 heterocycles. The summed E-state index contributed by atoms with van der Waals surface area (Å²) in [6, 6.07) is 8.67. The van der Waals surface area contributed by atoms with Crippen molar-refractivity contribution in [3.05, 3.63) is 65.1 Å². The van der Waals surface area contributed by atoms with Crippen LogP contribution < -0.4 is 4.74 Å². The van der Waals surface area contributed by atoms with E-state index in [0.717, 1.165) is 11.1 Å². The molecule has 2 aromatic heterocycles. The van der Waals surface area contributed by atoms with Crippen LogP contribution in [0.25, 0.3) is 11.1 Å². The first-order chi connectivity index (χ1) is 11.1. The Hall–Kier alpha value is -2.47. The van der Waals surface area contributed by atoms with Crippen LogP contribution in [-0.4, -0.2) is 21.8 Å². The van der Waals surface area contributed by atoms with Crippen LogP contribution in [0, 0.1) is 0 Å². The first-order valence-corrected chi connectivity index (χ1v) is 7.17.